The number of carbonyl (C=O) groups is 2. The molecule has 6 nitrogen and oxygen atoms in total. The third kappa shape index (κ3) is 4.80. The molecule has 2 aliphatic rings. The normalized spacial score (nSPS) is 18.6. The third-order valence-electron chi connectivity index (χ3n) is 4.22. The Labute approximate surface area is 146 Å². The van der Waals surface area contributed by atoms with Crippen molar-refractivity contribution in [1.82, 2.24) is 15.5 Å². The average Bonchev–Trinajstić information content (AvgIpc) is 3.40. The molecule has 1 aliphatic heterocycles. The van der Waals surface area contributed by atoms with E-state index in [1.54, 1.807) is 0 Å². The lowest BCUT2D eigenvalue weighted by Gasteiger charge is -2.28. The van der Waals surface area contributed by atoms with Crippen molar-refractivity contribution >= 4 is 29.5 Å². The Kier molecular flexibility index (Phi) is 5.50. The summed E-state index contributed by atoms with van der Waals surface area (Å²) < 4.78 is 0. The molecule has 1 atom stereocenters. The van der Waals surface area contributed by atoms with Gasteiger partial charge >= 0.3 is 12.1 Å². The molecule has 0 bridgehead atoms. The molecule has 0 radical (unpaired) electrons. The van der Waals surface area contributed by atoms with Crippen molar-refractivity contribution in [3.05, 3.63) is 29.8 Å². The molecule has 0 unspecified atom stereocenters. The Morgan fingerprint density at radius 1 is 1.17 bits per heavy atom. The maximum atomic E-state index is 12.2. The third-order valence-corrected chi connectivity index (χ3v) is 5.16. The lowest BCUT2D eigenvalue weighted by Crippen LogP contribution is -2.45. The maximum absolute atomic E-state index is 12.2. The summed E-state index contributed by atoms with van der Waals surface area (Å²) in [6.07, 6.45) is 2.14. The Morgan fingerprint density at radius 3 is 2.46 bits per heavy atom. The summed E-state index contributed by atoms with van der Waals surface area (Å²) >= 11 is 1.88. The first-order valence-electron chi connectivity index (χ1n) is 8.42. The quantitative estimate of drug-likeness (QED) is 0.783. The van der Waals surface area contributed by atoms with Crippen LogP contribution in [0.1, 0.15) is 31.4 Å². The lowest BCUT2D eigenvalue weighted by molar-refractivity contribution is 0.199. The number of amides is 4. The Bertz CT molecular complexity index is 583. The second kappa shape index (κ2) is 7.79. The van der Waals surface area contributed by atoms with Crippen LogP contribution in [-0.2, 0) is 0 Å². The van der Waals surface area contributed by atoms with Crippen molar-refractivity contribution in [3.63, 3.8) is 0 Å². The van der Waals surface area contributed by atoms with Crippen LogP contribution in [0, 0.1) is 0 Å². The number of urea groups is 2. The van der Waals surface area contributed by atoms with Gasteiger partial charge in [-0.25, -0.2) is 9.59 Å². The van der Waals surface area contributed by atoms with Crippen molar-refractivity contribution in [3.8, 4) is 0 Å². The molecule has 1 aromatic carbocycles. The molecule has 130 valence electrons. The first-order chi connectivity index (χ1) is 11.6. The number of rotatable bonds is 4. The van der Waals surface area contributed by atoms with Crippen LogP contribution in [0.3, 0.4) is 0 Å². The summed E-state index contributed by atoms with van der Waals surface area (Å²) in [5.74, 6) is 2.01. The summed E-state index contributed by atoms with van der Waals surface area (Å²) in [4.78, 5) is 25.8. The maximum Gasteiger partial charge on any atom is 0.319 e. The molecule has 3 rings (SSSR count). The second-order valence-corrected chi connectivity index (χ2v) is 7.49. The van der Waals surface area contributed by atoms with E-state index in [0.717, 1.165) is 48.7 Å². The van der Waals surface area contributed by atoms with Crippen LogP contribution >= 0.6 is 11.8 Å². The minimum atomic E-state index is -0.158. The van der Waals surface area contributed by atoms with Gasteiger partial charge in [-0.2, -0.15) is 11.8 Å². The van der Waals surface area contributed by atoms with Crippen LogP contribution in [0.15, 0.2) is 24.3 Å². The van der Waals surface area contributed by atoms with Gasteiger partial charge in [-0.15, -0.1) is 0 Å². The fraction of sp³-hybridized carbons (Fsp3) is 0.529. The van der Waals surface area contributed by atoms with E-state index < -0.39 is 0 Å². The van der Waals surface area contributed by atoms with E-state index in [4.69, 9.17) is 0 Å². The molecule has 2 fully saturated rings. The van der Waals surface area contributed by atoms with Crippen molar-refractivity contribution in [2.24, 2.45) is 0 Å². The first-order valence-corrected chi connectivity index (χ1v) is 9.58. The second-order valence-electron chi connectivity index (χ2n) is 6.27. The molecule has 1 aliphatic carbocycles. The molecule has 1 heterocycles. The van der Waals surface area contributed by atoms with E-state index in [1.807, 2.05) is 47.9 Å². The molecule has 1 saturated carbocycles. The molecule has 24 heavy (non-hydrogen) atoms. The Balaban J connectivity index is 1.50. The van der Waals surface area contributed by atoms with Crippen LogP contribution in [-0.4, -0.2) is 47.6 Å². The number of carbonyl (C=O) groups excluding carboxylic acids is 2. The highest BCUT2D eigenvalue weighted by atomic mass is 32.2. The van der Waals surface area contributed by atoms with Crippen LogP contribution in [0.5, 0.6) is 0 Å². The van der Waals surface area contributed by atoms with Gasteiger partial charge in [0, 0.05) is 36.3 Å². The Hall–Kier alpha value is -1.89. The van der Waals surface area contributed by atoms with Crippen LogP contribution < -0.4 is 16.0 Å². The zero-order valence-electron chi connectivity index (χ0n) is 13.9. The lowest BCUT2D eigenvalue weighted by atomic mass is 10.1. The van der Waals surface area contributed by atoms with Crippen LogP contribution in [0.4, 0.5) is 15.3 Å². The summed E-state index contributed by atoms with van der Waals surface area (Å²) in [6, 6.07) is 7.70. The Morgan fingerprint density at radius 2 is 1.83 bits per heavy atom. The van der Waals surface area contributed by atoms with Gasteiger partial charge in [-0.1, -0.05) is 12.1 Å². The number of nitrogens with zero attached hydrogens (tertiary/aromatic N) is 1. The molecule has 0 aromatic heterocycles. The number of benzene rings is 1. The van der Waals surface area contributed by atoms with E-state index in [-0.39, 0.29) is 18.1 Å². The molecule has 7 heteroatoms. The minimum Gasteiger partial charge on any atom is -0.335 e. The number of hydrogen-bond acceptors (Lipinski definition) is 3. The number of anilines is 1. The number of thioether (sulfide) groups is 1. The van der Waals surface area contributed by atoms with Gasteiger partial charge < -0.3 is 20.9 Å². The van der Waals surface area contributed by atoms with Gasteiger partial charge in [0.15, 0.2) is 0 Å². The minimum absolute atomic E-state index is 0.00573. The molecular weight excluding hydrogens is 324 g/mol. The summed E-state index contributed by atoms with van der Waals surface area (Å²) in [5.41, 5.74) is 1.77. The van der Waals surface area contributed by atoms with Gasteiger partial charge in [-0.05, 0) is 37.5 Å². The van der Waals surface area contributed by atoms with Crippen molar-refractivity contribution in [2.75, 3.05) is 29.9 Å². The van der Waals surface area contributed by atoms with Crippen molar-refractivity contribution in [1.29, 1.82) is 0 Å². The smallest absolute Gasteiger partial charge is 0.319 e. The SMILES string of the molecule is C[C@H](NC(=O)N1CCSCC1)c1ccc(NC(=O)NC2CC2)cc1. The molecule has 0 spiro atoms. The van der Waals surface area contributed by atoms with E-state index in [0.29, 0.717) is 6.04 Å². The predicted octanol–water partition coefficient (Wildman–Crippen LogP) is 2.79. The first kappa shape index (κ1) is 17.0. The summed E-state index contributed by atoms with van der Waals surface area (Å²) in [5, 5.41) is 8.75. The molecule has 1 aromatic rings. The highest BCUT2D eigenvalue weighted by Crippen LogP contribution is 2.20. The van der Waals surface area contributed by atoms with E-state index in [1.165, 1.54) is 0 Å². The molecule has 3 N–H and O–H groups in total. The van der Waals surface area contributed by atoms with Gasteiger partial charge in [0.1, 0.15) is 0 Å². The van der Waals surface area contributed by atoms with E-state index in [2.05, 4.69) is 16.0 Å². The van der Waals surface area contributed by atoms with Crippen molar-refractivity contribution in [2.45, 2.75) is 31.8 Å². The van der Waals surface area contributed by atoms with Crippen LogP contribution in [0.2, 0.25) is 0 Å². The highest BCUT2D eigenvalue weighted by molar-refractivity contribution is 7.99. The van der Waals surface area contributed by atoms with Gasteiger partial charge in [0.05, 0.1) is 6.04 Å². The van der Waals surface area contributed by atoms with Gasteiger partial charge in [0.25, 0.3) is 0 Å². The number of hydrogen-bond donors (Lipinski definition) is 3. The largest absolute Gasteiger partial charge is 0.335 e. The summed E-state index contributed by atoms with van der Waals surface area (Å²) in [6.45, 7) is 3.59. The zero-order valence-corrected chi connectivity index (χ0v) is 14.7. The van der Waals surface area contributed by atoms with Gasteiger partial charge in [0.2, 0.25) is 0 Å². The predicted molar refractivity (Wildman–Crippen MR) is 97.5 cm³/mol. The van der Waals surface area contributed by atoms with Crippen LogP contribution in [0.25, 0.3) is 0 Å². The fourth-order valence-electron chi connectivity index (χ4n) is 2.56. The van der Waals surface area contributed by atoms with E-state index >= 15 is 0 Å². The average molecular weight is 348 g/mol. The fourth-order valence-corrected chi connectivity index (χ4v) is 3.46. The molecule has 4 amide bonds. The summed E-state index contributed by atoms with van der Waals surface area (Å²) in [7, 11) is 0. The molecule has 1 saturated heterocycles. The number of nitrogens with one attached hydrogen (secondary N) is 3. The van der Waals surface area contributed by atoms with E-state index in [9.17, 15) is 9.59 Å². The standard InChI is InChI=1S/C17H24N4O2S/c1-12(18-17(23)21-8-10-24-11-9-21)13-2-4-14(5-3-13)19-16(22)20-15-6-7-15/h2-5,12,15H,6-11H2,1H3,(H,18,23)(H2,19,20,22)/t12-/m0/s1. The topological polar surface area (TPSA) is 73.5 Å². The highest BCUT2D eigenvalue weighted by Gasteiger charge is 2.23. The monoisotopic (exact) mass is 348 g/mol. The van der Waals surface area contributed by atoms with Gasteiger partial charge in [-0.3, -0.25) is 0 Å². The van der Waals surface area contributed by atoms with Crippen molar-refractivity contribution < 1.29 is 9.59 Å². The zero-order chi connectivity index (χ0) is 16.9. The molecular formula is C17H24N4O2S.